The zero-order chi connectivity index (χ0) is 6.41. The van der Waals surface area contributed by atoms with Crippen LogP contribution in [0.4, 0.5) is 4.39 Å². The third-order valence-corrected chi connectivity index (χ3v) is 0.948. The highest BCUT2D eigenvalue weighted by molar-refractivity contribution is 4.45. The molecule has 1 N–H and O–H groups in total. The van der Waals surface area contributed by atoms with E-state index in [9.17, 15) is 4.39 Å². The van der Waals surface area contributed by atoms with Gasteiger partial charge in [-0.15, -0.1) is 0 Å². The number of alkyl halides is 1. The summed E-state index contributed by atoms with van der Waals surface area (Å²) in [5.41, 5.74) is 0. The van der Waals surface area contributed by atoms with Gasteiger partial charge in [-0.2, -0.15) is 0 Å². The monoisotopic (exact) mass is 121 g/mol. The van der Waals surface area contributed by atoms with Crippen molar-refractivity contribution in [3.8, 4) is 0 Å². The first-order valence-corrected chi connectivity index (χ1v) is 2.66. The molecule has 2 nitrogen and oxygen atoms in total. The molecule has 0 bridgehead atoms. The van der Waals surface area contributed by atoms with Gasteiger partial charge in [0.2, 0.25) is 0 Å². The van der Waals surface area contributed by atoms with Crippen LogP contribution in [-0.4, -0.2) is 43.4 Å². The quantitative estimate of drug-likeness (QED) is 0.560. The van der Waals surface area contributed by atoms with Crippen LogP contribution in [0.5, 0.6) is 0 Å². The van der Waals surface area contributed by atoms with Crippen LogP contribution < -0.4 is 0 Å². The minimum absolute atomic E-state index is 0.108. The molecule has 0 aromatic rings. The fourth-order valence-electron chi connectivity index (χ4n) is 0.427. The molecule has 0 heterocycles. The summed E-state index contributed by atoms with van der Waals surface area (Å²) in [7, 11) is 1.77. The van der Waals surface area contributed by atoms with Gasteiger partial charge in [-0.3, -0.25) is 0 Å². The molecule has 3 heteroatoms. The van der Waals surface area contributed by atoms with Crippen molar-refractivity contribution in [2.75, 3.05) is 33.4 Å². The molecule has 0 aliphatic heterocycles. The molecule has 0 spiro atoms. The average Bonchev–Trinajstić information content (AvgIpc) is 1.68. The van der Waals surface area contributed by atoms with E-state index in [1.807, 2.05) is 0 Å². The SMILES string of the molecule is CN(CCO)CCF. The zero-order valence-corrected chi connectivity index (χ0v) is 5.10. The molecule has 0 aliphatic carbocycles. The third-order valence-electron chi connectivity index (χ3n) is 0.948. The van der Waals surface area contributed by atoms with Gasteiger partial charge in [-0.05, 0) is 7.05 Å². The largest absolute Gasteiger partial charge is 0.395 e. The van der Waals surface area contributed by atoms with E-state index < -0.39 is 0 Å². The molecular weight excluding hydrogens is 109 g/mol. The van der Waals surface area contributed by atoms with Gasteiger partial charge in [0.1, 0.15) is 6.67 Å². The van der Waals surface area contributed by atoms with Gasteiger partial charge in [0.15, 0.2) is 0 Å². The molecule has 0 amide bonds. The van der Waals surface area contributed by atoms with Crippen molar-refractivity contribution in [3.05, 3.63) is 0 Å². The number of halogens is 1. The molecule has 0 saturated carbocycles. The lowest BCUT2D eigenvalue weighted by molar-refractivity contribution is 0.212. The van der Waals surface area contributed by atoms with Gasteiger partial charge in [-0.25, -0.2) is 4.39 Å². The van der Waals surface area contributed by atoms with Crippen molar-refractivity contribution < 1.29 is 9.50 Å². The van der Waals surface area contributed by atoms with Crippen molar-refractivity contribution in [2.45, 2.75) is 0 Å². The number of nitrogens with zero attached hydrogens (tertiary/aromatic N) is 1. The van der Waals surface area contributed by atoms with Gasteiger partial charge >= 0.3 is 0 Å². The molecule has 8 heavy (non-hydrogen) atoms. The van der Waals surface area contributed by atoms with Crippen molar-refractivity contribution in [3.63, 3.8) is 0 Å². The van der Waals surface area contributed by atoms with Crippen LogP contribution in [0.25, 0.3) is 0 Å². The Bertz CT molecular complexity index is 45.7. The summed E-state index contributed by atoms with van der Waals surface area (Å²) in [4.78, 5) is 1.74. The first-order chi connectivity index (χ1) is 3.81. The highest BCUT2D eigenvalue weighted by Crippen LogP contribution is 1.79. The molecule has 0 atom stereocenters. The number of hydrogen-bond acceptors (Lipinski definition) is 2. The minimum atomic E-state index is -0.337. The lowest BCUT2D eigenvalue weighted by Gasteiger charge is -2.10. The van der Waals surface area contributed by atoms with Gasteiger partial charge in [0.05, 0.1) is 6.61 Å². The van der Waals surface area contributed by atoms with Gasteiger partial charge < -0.3 is 10.0 Å². The summed E-state index contributed by atoms with van der Waals surface area (Å²) in [6, 6.07) is 0. The van der Waals surface area contributed by atoms with Crippen LogP contribution in [0.15, 0.2) is 0 Å². The zero-order valence-electron chi connectivity index (χ0n) is 5.10. The number of aliphatic hydroxyl groups excluding tert-OH is 1. The average molecular weight is 121 g/mol. The Morgan fingerprint density at radius 3 is 2.50 bits per heavy atom. The second-order valence-corrected chi connectivity index (χ2v) is 1.72. The Hall–Kier alpha value is -0.150. The summed E-state index contributed by atoms with van der Waals surface area (Å²) in [6.45, 7) is 0.747. The van der Waals surface area contributed by atoms with Gasteiger partial charge in [-0.1, -0.05) is 0 Å². The van der Waals surface area contributed by atoms with Crippen LogP contribution in [0, 0.1) is 0 Å². The van der Waals surface area contributed by atoms with Crippen molar-refractivity contribution in [2.24, 2.45) is 0 Å². The lowest BCUT2D eigenvalue weighted by atomic mass is 10.5. The van der Waals surface area contributed by atoms with Gasteiger partial charge in [0.25, 0.3) is 0 Å². The van der Waals surface area contributed by atoms with E-state index in [0.29, 0.717) is 13.1 Å². The molecule has 0 aromatic carbocycles. The maximum Gasteiger partial charge on any atom is 0.102 e. The summed E-state index contributed by atoms with van der Waals surface area (Å²) >= 11 is 0. The Morgan fingerprint density at radius 1 is 1.50 bits per heavy atom. The van der Waals surface area contributed by atoms with E-state index in [2.05, 4.69) is 0 Å². The highest BCUT2D eigenvalue weighted by Gasteiger charge is 1.92. The van der Waals surface area contributed by atoms with E-state index in [0.717, 1.165) is 0 Å². The van der Waals surface area contributed by atoms with Crippen LogP contribution in [-0.2, 0) is 0 Å². The predicted molar refractivity (Wildman–Crippen MR) is 30.6 cm³/mol. The Morgan fingerprint density at radius 2 is 2.12 bits per heavy atom. The second kappa shape index (κ2) is 5.00. The number of likely N-dealkylation sites (N-methyl/N-ethyl adjacent to an activating group) is 1. The molecule has 50 valence electrons. The number of rotatable bonds is 4. The van der Waals surface area contributed by atoms with Crippen molar-refractivity contribution >= 4 is 0 Å². The van der Waals surface area contributed by atoms with Gasteiger partial charge in [0, 0.05) is 13.1 Å². The molecule has 0 aliphatic rings. The fraction of sp³-hybridized carbons (Fsp3) is 1.00. The lowest BCUT2D eigenvalue weighted by Crippen LogP contribution is -2.24. The summed E-state index contributed by atoms with van der Waals surface area (Å²) in [5, 5.41) is 8.30. The highest BCUT2D eigenvalue weighted by atomic mass is 19.1. The Labute approximate surface area is 48.9 Å². The fourth-order valence-corrected chi connectivity index (χ4v) is 0.427. The van der Waals surface area contributed by atoms with E-state index >= 15 is 0 Å². The van der Waals surface area contributed by atoms with E-state index in [1.54, 1.807) is 11.9 Å². The summed E-state index contributed by atoms with van der Waals surface area (Å²) < 4.78 is 11.4. The normalized spacial score (nSPS) is 10.5. The predicted octanol–water partition coefficient (Wildman–Crippen LogP) is -0.120. The third kappa shape index (κ3) is 4.02. The molecule has 0 aromatic heterocycles. The summed E-state index contributed by atoms with van der Waals surface area (Å²) in [6.07, 6.45) is 0. The number of aliphatic hydroxyl groups is 1. The minimum Gasteiger partial charge on any atom is -0.395 e. The van der Waals surface area contributed by atoms with Crippen LogP contribution >= 0.6 is 0 Å². The Kier molecular flexibility index (Phi) is 4.90. The standard InChI is InChI=1S/C5H12FNO/c1-7(3-2-6)4-5-8/h8H,2-5H2,1H3. The van der Waals surface area contributed by atoms with Crippen LogP contribution in [0.1, 0.15) is 0 Å². The Balaban J connectivity index is 2.92. The van der Waals surface area contributed by atoms with E-state index in [4.69, 9.17) is 5.11 Å². The molecule has 0 radical (unpaired) electrons. The molecule has 0 saturated heterocycles. The number of hydrogen-bond donors (Lipinski definition) is 1. The maximum atomic E-state index is 11.4. The first-order valence-electron chi connectivity index (χ1n) is 2.66. The smallest absolute Gasteiger partial charge is 0.102 e. The second-order valence-electron chi connectivity index (χ2n) is 1.72. The van der Waals surface area contributed by atoms with Crippen LogP contribution in [0.2, 0.25) is 0 Å². The maximum absolute atomic E-state index is 11.4. The molecule has 0 fully saturated rings. The van der Waals surface area contributed by atoms with Crippen LogP contribution in [0.3, 0.4) is 0 Å². The first kappa shape index (κ1) is 7.85. The molecule has 0 unspecified atom stereocenters. The topological polar surface area (TPSA) is 23.5 Å². The molecule has 0 rings (SSSR count). The van der Waals surface area contributed by atoms with E-state index in [-0.39, 0.29) is 13.3 Å². The summed E-state index contributed by atoms with van der Waals surface area (Å²) in [5.74, 6) is 0. The van der Waals surface area contributed by atoms with Crippen molar-refractivity contribution in [1.29, 1.82) is 0 Å². The van der Waals surface area contributed by atoms with E-state index in [1.165, 1.54) is 0 Å². The van der Waals surface area contributed by atoms with Crippen molar-refractivity contribution in [1.82, 2.24) is 4.90 Å². The molecular formula is C5H12FNO.